The first-order valence-corrected chi connectivity index (χ1v) is 13.8. The Morgan fingerprint density at radius 1 is 1.06 bits per heavy atom. The zero-order valence-electron chi connectivity index (χ0n) is 20.7. The zero-order chi connectivity index (χ0) is 25.3. The highest BCUT2D eigenvalue weighted by Gasteiger charge is 2.36. The number of aryl methyl sites for hydroxylation is 2. The van der Waals surface area contributed by atoms with Gasteiger partial charge in [0.05, 0.1) is 16.9 Å². The highest BCUT2D eigenvalue weighted by Crippen LogP contribution is 2.26. The molecule has 3 aromatic rings. The number of amides is 1. The van der Waals surface area contributed by atoms with Gasteiger partial charge in [-0.05, 0) is 69.0 Å². The van der Waals surface area contributed by atoms with Gasteiger partial charge in [0.25, 0.3) is 5.91 Å². The van der Waals surface area contributed by atoms with Gasteiger partial charge in [0, 0.05) is 37.4 Å². The van der Waals surface area contributed by atoms with Crippen molar-refractivity contribution < 1.29 is 17.6 Å². The van der Waals surface area contributed by atoms with Crippen molar-refractivity contribution in [2.45, 2.75) is 46.7 Å². The molecule has 1 aliphatic rings. The molecular formula is C27H32N2O5S. The summed E-state index contributed by atoms with van der Waals surface area (Å²) in [5, 5.41) is 0.423. The maximum Gasteiger partial charge on any atom is 0.290 e. The number of sulfone groups is 1. The van der Waals surface area contributed by atoms with Gasteiger partial charge in [-0.15, -0.1) is 0 Å². The lowest BCUT2D eigenvalue weighted by molar-refractivity contribution is 0.0648. The molecule has 1 aromatic heterocycles. The van der Waals surface area contributed by atoms with Crippen molar-refractivity contribution in [1.82, 2.24) is 4.90 Å². The summed E-state index contributed by atoms with van der Waals surface area (Å²) in [5.41, 5.74) is 3.83. The molecule has 0 spiro atoms. The fourth-order valence-electron chi connectivity index (χ4n) is 4.68. The molecule has 4 rings (SSSR count). The van der Waals surface area contributed by atoms with E-state index in [1.54, 1.807) is 11.0 Å². The van der Waals surface area contributed by atoms with Crippen LogP contribution in [0.3, 0.4) is 0 Å². The molecule has 1 amide bonds. The number of hydrogen-bond acceptors (Lipinski definition) is 6. The fraction of sp³-hybridized carbons (Fsp3) is 0.407. The maximum absolute atomic E-state index is 13.7. The third kappa shape index (κ3) is 5.12. The lowest BCUT2D eigenvalue weighted by atomic mass is 10.1. The van der Waals surface area contributed by atoms with Crippen molar-refractivity contribution in [2.75, 3.05) is 29.5 Å². The van der Waals surface area contributed by atoms with Crippen molar-refractivity contribution in [3.8, 4) is 0 Å². The fourth-order valence-corrected chi connectivity index (χ4v) is 6.42. The average Bonchev–Trinajstić information content (AvgIpc) is 3.20. The smallest absolute Gasteiger partial charge is 0.290 e. The van der Waals surface area contributed by atoms with E-state index < -0.39 is 21.8 Å². The number of carbonyl (C=O) groups is 1. The van der Waals surface area contributed by atoms with Crippen molar-refractivity contribution in [3.63, 3.8) is 0 Å². The maximum atomic E-state index is 13.7. The van der Waals surface area contributed by atoms with Gasteiger partial charge in [0.2, 0.25) is 0 Å². The molecule has 0 N–H and O–H groups in total. The highest BCUT2D eigenvalue weighted by atomic mass is 32.2. The Bertz CT molecular complexity index is 1410. The van der Waals surface area contributed by atoms with Gasteiger partial charge < -0.3 is 14.2 Å². The first-order valence-electron chi connectivity index (χ1n) is 12.0. The highest BCUT2D eigenvalue weighted by molar-refractivity contribution is 7.91. The lowest BCUT2D eigenvalue weighted by Gasteiger charge is -2.28. The van der Waals surface area contributed by atoms with Gasteiger partial charge in [-0.3, -0.25) is 9.59 Å². The second-order valence-corrected chi connectivity index (χ2v) is 11.4. The largest absolute Gasteiger partial charge is 0.450 e. The molecule has 35 heavy (non-hydrogen) atoms. The van der Waals surface area contributed by atoms with Crippen LogP contribution >= 0.6 is 0 Å². The predicted molar refractivity (Wildman–Crippen MR) is 139 cm³/mol. The standard InChI is InChI=1S/C27H32N2O5S/c1-5-28(6-2)21-10-8-20(9-11-21)16-29(22-13-14-35(32,33)17-22)27(31)25-15-24(30)23-12-7-18(3)19(4)26(23)34-25/h7-12,15,22H,5-6,13-14,16-17H2,1-4H3/t22-/m0/s1. The second kappa shape index (κ2) is 9.85. The molecule has 0 saturated carbocycles. The average molecular weight is 497 g/mol. The second-order valence-electron chi connectivity index (χ2n) is 9.19. The molecule has 0 radical (unpaired) electrons. The monoisotopic (exact) mass is 496 g/mol. The molecule has 186 valence electrons. The van der Waals surface area contributed by atoms with Crippen LogP contribution in [-0.4, -0.2) is 49.9 Å². The summed E-state index contributed by atoms with van der Waals surface area (Å²) in [6.07, 6.45) is 0.363. The van der Waals surface area contributed by atoms with E-state index >= 15 is 0 Å². The van der Waals surface area contributed by atoms with E-state index in [2.05, 4.69) is 18.7 Å². The van der Waals surface area contributed by atoms with Crippen LogP contribution in [0.4, 0.5) is 5.69 Å². The van der Waals surface area contributed by atoms with Crippen LogP contribution in [0, 0.1) is 13.8 Å². The Labute approximate surface area is 206 Å². The van der Waals surface area contributed by atoms with E-state index in [1.165, 1.54) is 6.07 Å². The third-order valence-corrected chi connectivity index (χ3v) is 8.71. The normalized spacial score (nSPS) is 17.0. The van der Waals surface area contributed by atoms with Crippen molar-refractivity contribution >= 4 is 32.4 Å². The Balaban J connectivity index is 1.71. The number of hydrogen-bond donors (Lipinski definition) is 0. The number of anilines is 1. The van der Waals surface area contributed by atoms with Crippen LogP contribution in [0.25, 0.3) is 11.0 Å². The molecule has 2 heterocycles. The molecule has 1 saturated heterocycles. The number of carbonyl (C=O) groups excluding carboxylic acids is 1. The van der Waals surface area contributed by atoms with E-state index in [9.17, 15) is 18.0 Å². The van der Waals surface area contributed by atoms with Crippen LogP contribution in [0.2, 0.25) is 0 Å². The van der Waals surface area contributed by atoms with Crippen molar-refractivity contribution in [3.05, 3.63) is 75.1 Å². The topological polar surface area (TPSA) is 87.9 Å². The third-order valence-electron chi connectivity index (χ3n) is 6.96. The van der Waals surface area contributed by atoms with Gasteiger partial charge in [0.1, 0.15) is 5.58 Å². The Morgan fingerprint density at radius 3 is 2.34 bits per heavy atom. The number of benzene rings is 2. The van der Waals surface area contributed by atoms with Gasteiger partial charge in [-0.25, -0.2) is 8.42 Å². The summed E-state index contributed by atoms with van der Waals surface area (Å²) in [6.45, 7) is 9.97. The van der Waals surface area contributed by atoms with Crippen molar-refractivity contribution in [2.24, 2.45) is 0 Å². The SMILES string of the molecule is CCN(CC)c1ccc(CN(C(=O)c2cc(=O)c3ccc(C)c(C)c3o2)[C@H]2CCS(=O)(=O)C2)cc1. The predicted octanol–water partition coefficient (Wildman–Crippen LogP) is 4.09. The summed E-state index contributed by atoms with van der Waals surface area (Å²) in [4.78, 5) is 30.3. The Kier molecular flexibility index (Phi) is 7.03. The first-order chi connectivity index (χ1) is 16.6. The molecule has 7 nitrogen and oxygen atoms in total. The zero-order valence-corrected chi connectivity index (χ0v) is 21.5. The summed E-state index contributed by atoms with van der Waals surface area (Å²) >= 11 is 0. The van der Waals surface area contributed by atoms with Crippen LogP contribution in [0.5, 0.6) is 0 Å². The molecular weight excluding hydrogens is 464 g/mol. The summed E-state index contributed by atoms with van der Waals surface area (Å²) in [6, 6.07) is 12.2. The minimum atomic E-state index is -3.22. The quantitative estimate of drug-likeness (QED) is 0.490. The molecule has 1 atom stereocenters. The summed E-state index contributed by atoms with van der Waals surface area (Å²) in [5.74, 6) is -0.589. The Morgan fingerprint density at radius 2 is 1.74 bits per heavy atom. The summed E-state index contributed by atoms with van der Waals surface area (Å²) in [7, 11) is -3.22. The van der Waals surface area contributed by atoms with Gasteiger partial charge >= 0.3 is 0 Å². The summed E-state index contributed by atoms with van der Waals surface area (Å²) < 4.78 is 30.5. The molecule has 0 aliphatic carbocycles. The van der Waals surface area contributed by atoms with Crippen LogP contribution < -0.4 is 10.3 Å². The number of fused-ring (bicyclic) bond motifs is 1. The molecule has 1 aliphatic heterocycles. The van der Waals surface area contributed by atoms with Gasteiger partial charge in [-0.2, -0.15) is 0 Å². The first kappa shape index (κ1) is 25.0. The van der Waals surface area contributed by atoms with E-state index in [0.29, 0.717) is 17.4 Å². The van der Waals surface area contributed by atoms with E-state index in [-0.39, 0.29) is 29.2 Å². The number of rotatable bonds is 7. The van der Waals surface area contributed by atoms with Crippen LogP contribution in [0.15, 0.2) is 51.7 Å². The molecule has 2 aromatic carbocycles. The molecule has 1 fully saturated rings. The minimum absolute atomic E-state index is 0.0440. The number of nitrogens with zero attached hydrogens (tertiary/aromatic N) is 2. The lowest BCUT2D eigenvalue weighted by Crippen LogP contribution is -2.41. The van der Waals surface area contributed by atoms with E-state index in [4.69, 9.17) is 4.42 Å². The van der Waals surface area contributed by atoms with Crippen LogP contribution in [-0.2, 0) is 16.4 Å². The van der Waals surface area contributed by atoms with E-state index in [1.807, 2.05) is 44.2 Å². The van der Waals surface area contributed by atoms with Gasteiger partial charge in [-0.1, -0.05) is 18.2 Å². The van der Waals surface area contributed by atoms with Crippen molar-refractivity contribution in [1.29, 1.82) is 0 Å². The molecule has 8 heteroatoms. The molecule has 0 unspecified atom stereocenters. The van der Waals surface area contributed by atoms with E-state index in [0.717, 1.165) is 35.5 Å². The minimum Gasteiger partial charge on any atom is -0.450 e. The van der Waals surface area contributed by atoms with Crippen LogP contribution in [0.1, 0.15) is 47.5 Å². The van der Waals surface area contributed by atoms with Gasteiger partial charge in [0.15, 0.2) is 21.0 Å². The Hall–Kier alpha value is -3.13. The molecule has 0 bridgehead atoms.